The topological polar surface area (TPSA) is 38.5 Å². The Morgan fingerprint density at radius 1 is 1.60 bits per heavy atom. The van der Waals surface area contributed by atoms with Crippen molar-refractivity contribution in [2.45, 2.75) is 45.3 Å². The SMILES string of the molecule is CC1CN(CCCC(N)=S)CC(C)(C)O1. The summed E-state index contributed by atoms with van der Waals surface area (Å²) in [6.07, 6.45) is 2.22. The number of morpholine rings is 1. The lowest BCUT2D eigenvalue weighted by atomic mass is 10.1. The van der Waals surface area contributed by atoms with Crippen LogP contribution < -0.4 is 5.73 Å². The molecule has 1 fully saturated rings. The van der Waals surface area contributed by atoms with E-state index in [0.717, 1.165) is 32.5 Å². The third-order valence-corrected chi connectivity index (χ3v) is 2.74. The van der Waals surface area contributed by atoms with Gasteiger partial charge in [-0.15, -0.1) is 0 Å². The molecule has 0 aromatic heterocycles. The Labute approximate surface area is 98.0 Å². The van der Waals surface area contributed by atoms with Crippen molar-refractivity contribution in [1.29, 1.82) is 0 Å². The number of rotatable bonds is 4. The lowest BCUT2D eigenvalue weighted by Crippen LogP contribution is -2.52. The Hall–Kier alpha value is -0.190. The molecule has 0 aromatic carbocycles. The highest BCUT2D eigenvalue weighted by Gasteiger charge is 2.30. The maximum atomic E-state index is 5.84. The monoisotopic (exact) mass is 230 g/mol. The molecule has 0 bridgehead atoms. The Morgan fingerprint density at radius 2 is 2.27 bits per heavy atom. The first-order valence-corrected chi connectivity index (χ1v) is 5.98. The van der Waals surface area contributed by atoms with Crippen LogP contribution in [0.1, 0.15) is 33.6 Å². The molecule has 1 unspecified atom stereocenters. The van der Waals surface area contributed by atoms with Gasteiger partial charge in [-0.1, -0.05) is 12.2 Å². The standard InChI is InChI=1S/C11H22N2OS/c1-9-7-13(6-4-5-10(12)15)8-11(2,3)14-9/h9H,4-8H2,1-3H3,(H2,12,15). The molecule has 0 spiro atoms. The van der Waals surface area contributed by atoms with Crippen molar-refractivity contribution >= 4 is 17.2 Å². The normalized spacial score (nSPS) is 26.5. The predicted molar refractivity (Wildman–Crippen MR) is 67.1 cm³/mol. The van der Waals surface area contributed by atoms with E-state index in [4.69, 9.17) is 22.7 Å². The van der Waals surface area contributed by atoms with Gasteiger partial charge in [-0.3, -0.25) is 4.90 Å². The molecule has 1 rings (SSSR count). The zero-order chi connectivity index (χ0) is 11.5. The van der Waals surface area contributed by atoms with Gasteiger partial charge in [0.1, 0.15) is 0 Å². The van der Waals surface area contributed by atoms with E-state index in [1.165, 1.54) is 0 Å². The summed E-state index contributed by atoms with van der Waals surface area (Å²) in [5.41, 5.74) is 5.45. The maximum absolute atomic E-state index is 5.84. The van der Waals surface area contributed by atoms with Crippen molar-refractivity contribution in [2.24, 2.45) is 5.73 Å². The Bertz CT molecular complexity index is 231. The van der Waals surface area contributed by atoms with Crippen LogP contribution in [0.15, 0.2) is 0 Å². The summed E-state index contributed by atoms with van der Waals surface area (Å²) in [6.45, 7) is 9.48. The summed E-state index contributed by atoms with van der Waals surface area (Å²) in [4.78, 5) is 3.06. The van der Waals surface area contributed by atoms with Crippen molar-refractivity contribution in [3.8, 4) is 0 Å². The lowest BCUT2D eigenvalue weighted by molar-refractivity contribution is -0.128. The van der Waals surface area contributed by atoms with Crippen molar-refractivity contribution < 1.29 is 4.74 Å². The third kappa shape index (κ3) is 4.91. The second-order valence-electron chi connectivity index (χ2n) is 4.99. The number of ether oxygens (including phenoxy) is 1. The van der Waals surface area contributed by atoms with E-state index in [2.05, 4.69) is 25.7 Å². The second kappa shape index (κ2) is 5.23. The summed E-state index contributed by atoms with van der Waals surface area (Å²) < 4.78 is 5.84. The van der Waals surface area contributed by atoms with Gasteiger partial charge in [0.25, 0.3) is 0 Å². The molecular formula is C11H22N2OS. The molecular weight excluding hydrogens is 208 g/mol. The van der Waals surface area contributed by atoms with Gasteiger partial charge in [-0.25, -0.2) is 0 Å². The van der Waals surface area contributed by atoms with E-state index in [-0.39, 0.29) is 5.60 Å². The third-order valence-electron chi connectivity index (χ3n) is 2.54. The fraction of sp³-hybridized carbons (Fsp3) is 0.909. The quantitative estimate of drug-likeness (QED) is 0.744. The van der Waals surface area contributed by atoms with Crippen LogP contribution in [0, 0.1) is 0 Å². The zero-order valence-corrected chi connectivity index (χ0v) is 10.8. The molecule has 15 heavy (non-hydrogen) atoms. The van der Waals surface area contributed by atoms with Gasteiger partial charge in [0.15, 0.2) is 0 Å². The Kier molecular flexibility index (Phi) is 4.49. The fourth-order valence-corrected chi connectivity index (χ4v) is 2.38. The molecule has 3 nitrogen and oxygen atoms in total. The van der Waals surface area contributed by atoms with Crippen molar-refractivity contribution in [2.75, 3.05) is 19.6 Å². The molecule has 0 radical (unpaired) electrons. The molecule has 1 aliphatic rings. The van der Waals surface area contributed by atoms with Crippen LogP contribution in [-0.4, -0.2) is 41.2 Å². The molecule has 1 saturated heterocycles. The van der Waals surface area contributed by atoms with E-state index in [0.29, 0.717) is 11.1 Å². The highest BCUT2D eigenvalue weighted by Crippen LogP contribution is 2.20. The Balaban J connectivity index is 2.32. The minimum atomic E-state index is -0.0269. The summed E-state index contributed by atoms with van der Waals surface area (Å²) in [6, 6.07) is 0. The van der Waals surface area contributed by atoms with Gasteiger partial charge >= 0.3 is 0 Å². The van der Waals surface area contributed by atoms with Crippen LogP contribution in [0.3, 0.4) is 0 Å². The van der Waals surface area contributed by atoms with Gasteiger partial charge in [-0.05, 0) is 40.2 Å². The number of hydrogen-bond donors (Lipinski definition) is 1. The molecule has 1 atom stereocenters. The second-order valence-corrected chi connectivity index (χ2v) is 5.52. The predicted octanol–water partition coefficient (Wildman–Crippen LogP) is 1.55. The van der Waals surface area contributed by atoms with Gasteiger partial charge in [0.2, 0.25) is 0 Å². The summed E-state index contributed by atoms with van der Waals surface area (Å²) in [5, 5.41) is 0. The van der Waals surface area contributed by atoms with E-state index in [9.17, 15) is 0 Å². The van der Waals surface area contributed by atoms with Gasteiger partial charge in [-0.2, -0.15) is 0 Å². The number of thiocarbonyl (C=S) groups is 1. The molecule has 4 heteroatoms. The van der Waals surface area contributed by atoms with Crippen LogP contribution in [0.25, 0.3) is 0 Å². The number of nitrogens with zero attached hydrogens (tertiary/aromatic N) is 1. The van der Waals surface area contributed by atoms with Crippen LogP contribution >= 0.6 is 12.2 Å². The number of nitrogens with two attached hydrogens (primary N) is 1. The molecule has 1 heterocycles. The van der Waals surface area contributed by atoms with Gasteiger partial charge < -0.3 is 10.5 Å². The Morgan fingerprint density at radius 3 is 2.80 bits per heavy atom. The van der Waals surface area contributed by atoms with Crippen LogP contribution in [-0.2, 0) is 4.74 Å². The molecule has 0 aliphatic carbocycles. The van der Waals surface area contributed by atoms with Crippen LogP contribution in [0.4, 0.5) is 0 Å². The average Bonchev–Trinajstić information content (AvgIpc) is 1.98. The van der Waals surface area contributed by atoms with Gasteiger partial charge in [0.05, 0.1) is 16.7 Å². The molecule has 1 aliphatic heterocycles. The van der Waals surface area contributed by atoms with Crippen molar-refractivity contribution in [3.05, 3.63) is 0 Å². The summed E-state index contributed by atoms with van der Waals surface area (Å²) >= 11 is 4.87. The molecule has 0 saturated carbocycles. The molecule has 2 N–H and O–H groups in total. The fourth-order valence-electron chi connectivity index (χ4n) is 2.23. The largest absolute Gasteiger partial charge is 0.393 e. The van der Waals surface area contributed by atoms with Crippen molar-refractivity contribution in [3.63, 3.8) is 0 Å². The van der Waals surface area contributed by atoms with Crippen molar-refractivity contribution in [1.82, 2.24) is 4.90 Å². The zero-order valence-electron chi connectivity index (χ0n) is 9.95. The lowest BCUT2D eigenvalue weighted by Gasteiger charge is -2.41. The van der Waals surface area contributed by atoms with E-state index < -0.39 is 0 Å². The molecule has 0 amide bonds. The average molecular weight is 230 g/mol. The summed E-state index contributed by atoms with van der Waals surface area (Å²) in [5.74, 6) is 0. The minimum absolute atomic E-state index is 0.0269. The number of hydrogen-bond acceptors (Lipinski definition) is 3. The molecule has 88 valence electrons. The van der Waals surface area contributed by atoms with Crippen LogP contribution in [0.5, 0.6) is 0 Å². The van der Waals surface area contributed by atoms with E-state index in [1.807, 2.05) is 0 Å². The van der Waals surface area contributed by atoms with E-state index in [1.54, 1.807) is 0 Å². The first-order chi connectivity index (χ1) is 6.89. The first kappa shape index (κ1) is 12.9. The first-order valence-electron chi connectivity index (χ1n) is 5.57. The van der Waals surface area contributed by atoms with Gasteiger partial charge in [0, 0.05) is 13.1 Å². The smallest absolute Gasteiger partial charge is 0.0757 e. The van der Waals surface area contributed by atoms with E-state index >= 15 is 0 Å². The highest BCUT2D eigenvalue weighted by atomic mass is 32.1. The minimum Gasteiger partial charge on any atom is -0.393 e. The maximum Gasteiger partial charge on any atom is 0.0757 e. The molecule has 0 aromatic rings. The highest BCUT2D eigenvalue weighted by molar-refractivity contribution is 7.80. The summed E-state index contributed by atoms with van der Waals surface area (Å²) in [7, 11) is 0. The van der Waals surface area contributed by atoms with Crippen LogP contribution in [0.2, 0.25) is 0 Å².